The van der Waals surface area contributed by atoms with Crippen LogP contribution in [0.4, 0.5) is 0 Å². The number of hydrogen-bond donors (Lipinski definition) is 1. The summed E-state index contributed by atoms with van der Waals surface area (Å²) in [6.45, 7) is 15.5. The van der Waals surface area contributed by atoms with Gasteiger partial charge in [0.05, 0.1) is 6.61 Å². The van der Waals surface area contributed by atoms with Crippen molar-refractivity contribution < 1.29 is 18.6 Å². The Bertz CT molecular complexity index is 367. The highest BCUT2D eigenvalue weighted by Gasteiger charge is 2.54. The summed E-state index contributed by atoms with van der Waals surface area (Å²) in [7, 11) is -1.79. The topological polar surface area (TPSA) is 62.9 Å². The largest absolute Gasteiger partial charge is 0.414 e. The van der Waals surface area contributed by atoms with Crippen LogP contribution in [0.25, 0.3) is 0 Å². The molecule has 0 aromatic carbocycles. The van der Waals surface area contributed by atoms with E-state index < -0.39 is 20.3 Å². The van der Waals surface area contributed by atoms with Gasteiger partial charge in [-0.1, -0.05) is 20.8 Å². The highest BCUT2D eigenvalue weighted by atomic mass is 28.4. The summed E-state index contributed by atoms with van der Waals surface area (Å²) in [4.78, 5) is 0. The Kier molecular flexibility index (Phi) is 4.13. The molecule has 0 amide bonds. The van der Waals surface area contributed by atoms with Crippen molar-refractivity contribution in [3.05, 3.63) is 0 Å². The maximum absolute atomic E-state index is 6.23. The van der Waals surface area contributed by atoms with Crippen molar-refractivity contribution in [1.29, 1.82) is 0 Å². The fourth-order valence-corrected chi connectivity index (χ4v) is 3.37. The van der Waals surface area contributed by atoms with E-state index in [4.69, 9.17) is 24.4 Å². The number of fused-ring (bicyclic) bond motifs is 1. The number of ether oxygens (including phenoxy) is 3. The van der Waals surface area contributed by atoms with Gasteiger partial charge in [0.1, 0.15) is 24.5 Å². The van der Waals surface area contributed by atoms with Crippen LogP contribution in [0.3, 0.4) is 0 Å². The summed E-state index contributed by atoms with van der Waals surface area (Å²) in [5.41, 5.74) is 5.99. The molecule has 0 aromatic heterocycles. The maximum atomic E-state index is 6.23. The molecule has 20 heavy (non-hydrogen) atoms. The first kappa shape index (κ1) is 16.4. The normalized spacial score (nSPS) is 37.2. The predicted molar refractivity (Wildman–Crippen MR) is 79.8 cm³/mol. The van der Waals surface area contributed by atoms with E-state index in [1.54, 1.807) is 0 Å². The monoisotopic (exact) mass is 303 g/mol. The third-order valence-corrected chi connectivity index (χ3v) is 9.10. The van der Waals surface area contributed by atoms with E-state index in [9.17, 15) is 0 Å². The van der Waals surface area contributed by atoms with Gasteiger partial charge in [-0.3, -0.25) is 0 Å². The molecule has 6 heteroatoms. The first-order valence-electron chi connectivity index (χ1n) is 7.34. The van der Waals surface area contributed by atoms with Gasteiger partial charge in [-0.15, -0.1) is 0 Å². The Hall–Kier alpha value is 0.0169. The molecule has 0 spiro atoms. The lowest BCUT2D eigenvalue weighted by Crippen LogP contribution is -2.44. The Morgan fingerprint density at radius 1 is 1.15 bits per heavy atom. The van der Waals surface area contributed by atoms with E-state index in [2.05, 4.69) is 33.9 Å². The molecule has 2 N–H and O–H groups in total. The summed E-state index contributed by atoms with van der Waals surface area (Å²) in [6, 6.07) is 0. The van der Waals surface area contributed by atoms with Crippen LogP contribution >= 0.6 is 0 Å². The van der Waals surface area contributed by atoms with Gasteiger partial charge in [0.15, 0.2) is 14.1 Å². The molecule has 4 atom stereocenters. The molecule has 0 radical (unpaired) electrons. The summed E-state index contributed by atoms with van der Waals surface area (Å²) in [6.07, 6.45) is -0.913. The number of hydrogen-bond acceptors (Lipinski definition) is 5. The summed E-state index contributed by atoms with van der Waals surface area (Å²) >= 11 is 0. The third-order valence-electron chi connectivity index (χ3n) is 4.60. The first-order valence-corrected chi connectivity index (χ1v) is 10.2. The van der Waals surface area contributed by atoms with Crippen LogP contribution in [-0.4, -0.2) is 45.3 Å². The van der Waals surface area contributed by atoms with Gasteiger partial charge in [-0.05, 0) is 32.0 Å². The minimum Gasteiger partial charge on any atom is -0.414 e. The van der Waals surface area contributed by atoms with Crippen molar-refractivity contribution in [2.75, 3.05) is 6.61 Å². The molecule has 0 saturated carbocycles. The lowest BCUT2D eigenvalue weighted by Gasteiger charge is -2.37. The molecule has 5 nitrogen and oxygen atoms in total. The lowest BCUT2D eigenvalue weighted by molar-refractivity contribution is -0.189. The standard InChI is InChI=1S/C14H29NO4Si/c1-13(2,3)20(6,7)16-8-9-10-11(12(15)17-9)19-14(4,5)18-10/h9-12H,8,15H2,1-7H3/t9-,10-,11-,12-/m1/s1. The fourth-order valence-electron chi connectivity index (χ4n) is 2.36. The van der Waals surface area contributed by atoms with Crippen molar-refractivity contribution in [1.82, 2.24) is 0 Å². The van der Waals surface area contributed by atoms with Crippen LogP contribution < -0.4 is 5.73 Å². The van der Waals surface area contributed by atoms with Gasteiger partial charge >= 0.3 is 0 Å². The SMILES string of the molecule is CC1(C)O[C@@H]2[C@H](O1)[C@@H](CO[Si](C)(C)C(C)(C)C)O[C@H]2N. The zero-order valence-electron chi connectivity index (χ0n) is 13.7. The van der Waals surface area contributed by atoms with Crippen LogP contribution in [0.15, 0.2) is 0 Å². The van der Waals surface area contributed by atoms with Crippen molar-refractivity contribution in [3.63, 3.8) is 0 Å². The van der Waals surface area contributed by atoms with Crippen molar-refractivity contribution >= 4 is 8.32 Å². The molecule has 118 valence electrons. The molecule has 2 heterocycles. The highest BCUT2D eigenvalue weighted by molar-refractivity contribution is 6.74. The molecule has 0 bridgehead atoms. The van der Waals surface area contributed by atoms with Gasteiger partial charge in [-0.25, -0.2) is 0 Å². The second-order valence-corrected chi connectivity index (χ2v) is 12.6. The highest BCUT2D eigenvalue weighted by Crippen LogP contribution is 2.40. The van der Waals surface area contributed by atoms with E-state index in [0.29, 0.717) is 6.61 Å². The Labute approximate surface area is 123 Å². The molecule has 2 fully saturated rings. The van der Waals surface area contributed by atoms with Gasteiger partial charge in [0.2, 0.25) is 0 Å². The maximum Gasteiger partial charge on any atom is 0.192 e. The zero-order valence-corrected chi connectivity index (χ0v) is 14.7. The minimum absolute atomic E-state index is 0.134. The molecule has 0 unspecified atom stereocenters. The van der Waals surface area contributed by atoms with Crippen LogP contribution in [0.5, 0.6) is 0 Å². The van der Waals surface area contributed by atoms with Gasteiger partial charge in [0.25, 0.3) is 0 Å². The summed E-state index contributed by atoms with van der Waals surface area (Å²) in [5, 5.41) is 0.180. The Morgan fingerprint density at radius 2 is 1.70 bits per heavy atom. The Balaban J connectivity index is 1.98. The van der Waals surface area contributed by atoms with Crippen LogP contribution in [-0.2, 0) is 18.6 Å². The summed E-state index contributed by atoms with van der Waals surface area (Å²) < 4.78 is 23.7. The lowest BCUT2D eigenvalue weighted by atomic mass is 10.1. The van der Waals surface area contributed by atoms with E-state index in [-0.39, 0.29) is 23.4 Å². The van der Waals surface area contributed by atoms with Gasteiger partial charge < -0.3 is 24.4 Å². The quantitative estimate of drug-likeness (QED) is 0.810. The number of nitrogens with two attached hydrogens (primary N) is 1. The van der Waals surface area contributed by atoms with Crippen molar-refractivity contribution in [2.45, 2.75) is 83.1 Å². The van der Waals surface area contributed by atoms with Crippen LogP contribution in [0, 0.1) is 0 Å². The van der Waals surface area contributed by atoms with Crippen molar-refractivity contribution in [3.8, 4) is 0 Å². The molecule has 2 aliphatic rings. The average molecular weight is 303 g/mol. The van der Waals surface area contributed by atoms with E-state index in [0.717, 1.165) is 0 Å². The second kappa shape index (κ2) is 5.03. The molecular formula is C14H29NO4Si. The fraction of sp³-hybridized carbons (Fsp3) is 1.00. The van der Waals surface area contributed by atoms with E-state index in [1.807, 2.05) is 13.8 Å². The Morgan fingerprint density at radius 3 is 2.25 bits per heavy atom. The molecule has 2 saturated heterocycles. The summed E-state index contributed by atoms with van der Waals surface area (Å²) in [5.74, 6) is -0.591. The minimum atomic E-state index is -1.79. The van der Waals surface area contributed by atoms with Crippen LogP contribution in [0.1, 0.15) is 34.6 Å². The van der Waals surface area contributed by atoms with Gasteiger partial charge in [0, 0.05) is 0 Å². The third kappa shape index (κ3) is 3.10. The van der Waals surface area contributed by atoms with Crippen molar-refractivity contribution in [2.24, 2.45) is 5.73 Å². The molecule has 0 aliphatic carbocycles. The molecule has 2 aliphatic heterocycles. The van der Waals surface area contributed by atoms with Crippen LogP contribution in [0.2, 0.25) is 18.1 Å². The molecular weight excluding hydrogens is 274 g/mol. The smallest absolute Gasteiger partial charge is 0.192 e. The average Bonchev–Trinajstić information content (AvgIpc) is 2.70. The van der Waals surface area contributed by atoms with Gasteiger partial charge in [-0.2, -0.15) is 0 Å². The zero-order chi connectivity index (χ0) is 15.3. The van der Waals surface area contributed by atoms with E-state index in [1.165, 1.54) is 0 Å². The molecule has 0 aromatic rings. The van der Waals surface area contributed by atoms with E-state index >= 15 is 0 Å². The number of rotatable bonds is 3. The second-order valence-electron chi connectivity index (χ2n) is 7.78. The molecule has 2 rings (SSSR count). The predicted octanol–water partition coefficient (Wildman–Crippen LogP) is 2.21. The first-order chi connectivity index (χ1) is 8.93.